The van der Waals surface area contributed by atoms with Gasteiger partial charge in [-0.1, -0.05) is 12.1 Å². The number of pyridine rings is 1. The van der Waals surface area contributed by atoms with Gasteiger partial charge in [-0.3, -0.25) is 0 Å². The number of nitriles is 1. The van der Waals surface area contributed by atoms with Gasteiger partial charge < -0.3 is 30.7 Å². The largest absolute Gasteiger partial charge is 0.490 e. The number of thiophene rings is 1. The smallest absolute Gasteiger partial charge is 0.420 e. The van der Waals surface area contributed by atoms with Gasteiger partial charge in [-0.2, -0.15) is 28.4 Å². The van der Waals surface area contributed by atoms with Crippen molar-refractivity contribution >= 4 is 49.0 Å². The lowest BCUT2D eigenvalue weighted by molar-refractivity contribution is -0.138. The van der Waals surface area contributed by atoms with Gasteiger partial charge in [-0.15, -0.1) is 11.3 Å². The molecule has 0 radical (unpaired) electrons. The van der Waals surface area contributed by atoms with E-state index in [9.17, 15) is 14.0 Å². The molecular formula is C37H33F7N8O2S. The van der Waals surface area contributed by atoms with E-state index >= 15 is 22.0 Å². The minimum Gasteiger partial charge on any atom is -0.490 e. The summed E-state index contributed by atoms with van der Waals surface area (Å²) in [6.07, 6.45) is -2.82. The van der Waals surface area contributed by atoms with Crippen molar-refractivity contribution in [1.29, 1.82) is 5.26 Å². The van der Waals surface area contributed by atoms with Crippen molar-refractivity contribution in [2.45, 2.75) is 50.7 Å². The molecule has 2 fully saturated rings. The molecule has 2 aliphatic heterocycles. The lowest BCUT2D eigenvalue weighted by Crippen LogP contribution is -2.43. The number of anilines is 3. The maximum Gasteiger partial charge on any atom is 0.420 e. The number of hydrogen-bond acceptors (Lipinski definition) is 11. The molecule has 18 heteroatoms. The number of hydrogen-bond donors (Lipinski definition) is 2. The predicted octanol–water partition coefficient (Wildman–Crippen LogP) is 8.09. The van der Waals surface area contributed by atoms with Gasteiger partial charge in [0.25, 0.3) is 5.92 Å². The van der Waals surface area contributed by atoms with Gasteiger partial charge in [-0.05, 0) is 37.5 Å². The van der Waals surface area contributed by atoms with Crippen LogP contribution in [0, 0.1) is 28.4 Å². The van der Waals surface area contributed by atoms with Crippen LogP contribution >= 0.6 is 11.3 Å². The van der Waals surface area contributed by atoms with Gasteiger partial charge in [0, 0.05) is 60.6 Å². The SMILES string of the molecule is C[C@H](c1cccnc1N)N1CCOc2c(C(F)(F)F)c(-c3ccc(F)c4sc(N)c(C#N)c34)c(F)c3nc(OCC4(CN5CCC(F)(F)CC5)CC4)nc1c23. The molecule has 1 saturated carbocycles. The molecule has 4 N–H and O–H groups in total. The van der Waals surface area contributed by atoms with Crippen LogP contribution in [0.4, 0.5) is 47.4 Å². The molecule has 8 rings (SSSR count). The molecule has 288 valence electrons. The van der Waals surface area contributed by atoms with Gasteiger partial charge in [0.15, 0.2) is 5.82 Å². The normalized spacial score (nSPS) is 18.5. The molecule has 2 aromatic carbocycles. The summed E-state index contributed by atoms with van der Waals surface area (Å²) in [7, 11) is 0. The zero-order valence-electron chi connectivity index (χ0n) is 29.2. The zero-order chi connectivity index (χ0) is 39.0. The predicted molar refractivity (Wildman–Crippen MR) is 192 cm³/mol. The summed E-state index contributed by atoms with van der Waals surface area (Å²) in [5.74, 6) is -5.72. The van der Waals surface area contributed by atoms with Gasteiger partial charge >= 0.3 is 12.2 Å². The Kier molecular flexibility index (Phi) is 8.87. The molecule has 3 aromatic heterocycles. The van der Waals surface area contributed by atoms with Crippen LogP contribution in [0.3, 0.4) is 0 Å². The van der Waals surface area contributed by atoms with Crippen molar-refractivity contribution in [1.82, 2.24) is 19.9 Å². The van der Waals surface area contributed by atoms with Gasteiger partial charge in [0.2, 0.25) is 0 Å². The average molecular weight is 787 g/mol. The van der Waals surface area contributed by atoms with Crippen molar-refractivity contribution < 1.29 is 40.2 Å². The van der Waals surface area contributed by atoms with E-state index in [0.717, 1.165) is 25.0 Å². The fourth-order valence-electron chi connectivity index (χ4n) is 7.65. The Labute approximate surface area is 313 Å². The van der Waals surface area contributed by atoms with Crippen LogP contribution in [0.25, 0.3) is 32.1 Å². The van der Waals surface area contributed by atoms with Gasteiger partial charge in [-0.25, -0.2) is 22.5 Å². The highest BCUT2D eigenvalue weighted by atomic mass is 32.1. The summed E-state index contributed by atoms with van der Waals surface area (Å²) in [5.41, 5.74) is 8.50. The third-order valence-electron chi connectivity index (χ3n) is 10.7. The van der Waals surface area contributed by atoms with E-state index < -0.39 is 63.1 Å². The van der Waals surface area contributed by atoms with Crippen molar-refractivity contribution in [3.8, 4) is 29.0 Å². The Bertz CT molecular complexity index is 2380. The summed E-state index contributed by atoms with van der Waals surface area (Å²) >= 11 is 0.658. The third-order valence-corrected chi connectivity index (χ3v) is 11.8. The van der Waals surface area contributed by atoms with E-state index in [1.165, 1.54) is 6.20 Å². The molecule has 0 unspecified atom stereocenters. The minimum absolute atomic E-state index is 0.0338. The number of aromatic nitrogens is 3. The number of rotatable bonds is 8. The molecule has 1 aliphatic carbocycles. The van der Waals surface area contributed by atoms with Crippen LogP contribution in [0.5, 0.6) is 11.8 Å². The molecule has 5 aromatic rings. The Morgan fingerprint density at radius 3 is 2.47 bits per heavy atom. The number of alkyl halides is 5. The fourth-order valence-corrected chi connectivity index (χ4v) is 8.60. The molecule has 1 atom stereocenters. The second-order valence-corrected chi connectivity index (χ2v) is 15.4. The Morgan fingerprint density at radius 1 is 1.05 bits per heavy atom. The van der Waals surface area contributed by atoms with E-state index in [1.54, 1.807) is 24.0 Å². The van der Waals surface area contributed by atoms with Crippen LogP contribution in [0.2, 0.25) is 0 Å². The Morgan fingerprint density at radius 2 is 1.80 bits per heavy atom. The lowest BCUT2D eigenvalue weighted by atomic mass is 9.91. The Hall–Kier alpha value is -5.15. The molecule has 0 amide bonds. The molecule has 55 heavy (non-hydrogen) atoms. The summed E-state index contributed by atoms with van der Waals surface area (Å²) in [6.45, 7) is 2.34. The van der Waals surface area contributed by atoms with Crippen LogP contribution in [0.15, 0.2) is 30.5 Å². The van der Waals surface area contributed by atoms with E-state index in [-0.39, 0.29) is 89.4 Å². The van der Waals surface area contributed by atoms with Crippen LogP contribution in [-0.2, 0) is 6.18 Å². The summed E-state index contributed by atoms with van der Waals surface area (Å²) in [4.78, 5) is 16.7. The highest BCUT2D eigenvalue weighted by Crippen LogP contribution is 2.54. The van der Waals surface area contributed by atoms with Crippen LogP contribution < -0.4 is 25.8 Å². The molecule has 10 nitrogen and oxygen atoms in total. The van der Waals surface area contributed by atoms with Crippen molar-refractivity contribution in [2.24, 2.45) is 5.41 Å². The van der Waals surface area contributed by atoms with E-state index in [4.69, 9.17) is 20.9 Å². The number of halogens is 7. The number of nitrogen functional groups attached to an aromatic ring is 2. The first kappa shape index (κ1) is 36.8. The first-order chi connectivity index (χ1) is 26.1. The van der Waals surface area contributed by atoms with E-state index in [0.29, 0.717) is 23.4 Å². The highest BCUT2D eigenvalue weighted by Gasteiger charge is 2.48. The maximum absolute atomic E-state index is 17.4. The number of piperidine rings is 1. The standard InChI is InChI=1S/C37H33F7N8O2S/c1-18(19-3-2-10-48-31(19)46)52-13-14-53-29-25-28(49-34(50-33(25)52)54-17-35(6-7-35)16-51-11-8-36(40,41)9-12-51)27(39)24(26(29)37(42,43)44)20-4-5-22(38)30-23(20)21(15-45)32(47)55-30/h2-5,10,18H,6-9,11-14,16-17,47H2,1H3,(H2,46,48)/t18-/m1/s1. The quantitative estimate of drug-likeness (QED) is 0.148. The second kappa shape index (κ2) is 13.3. The monoisotopic (exact) mass is 786 g/mol. The number of ether oxygens (including phenoxy) is 2. The van der Waals surface area contributed by atoms with E-state index in [2.05, 4.69) is 15.0 Å². The Balaban J connectivity index is 1.33. The third kappa shape index (κ3) is 6.46. The second-order valence-electron chi connectivity index (χ2n) is 14.3. The lowest BCUT2D eigenvalue weighted by Gasteiger charge is -2.34. The fraction of sp³-hybridized carbons (Fsp3) is 0.405. The van der Waals surface area contributed by atoms with Crippen molar-refractivity contribution in [2.75, 3.05) is 55.8 Å². The summed E-state index contributed by atoms with van der Waals surface area (Å²) < 4.78 is 118. The number of benzene rings is 2. The average Bonchev–Trinajstić information content (AvgIpc) is 3.86. The maximum atomic E-state index is 17.4. The highest BCUT2D eigenvalue weighted by molar-refractivity contribution is 7.23. The number of likely N-dealkylation sites (tertiary alicyclic amines) is 1. The molecule has 3 aliphatic rings. The molecule has 5 heterocycles. The van der Waals surface area contributed by atoms with Crippen LogP contribution in [0.1, 0.15) is 55.3 Å². The number of nitrogens with two attached hydrogens (primary N) is 2. The minimum atomic E-state index is -5.24. The van der Waals surface area contributed by atoms with Gasteiger partial charge in [0.1, 0.15) is 52.0 Å². The number of fused-ring (bicyclic) bond motifs is 1. The number of nitrogens with zero attached hydrogens (tertiary/aromatic N) is 6. The topological polar surface area (TPSA) is 139 Å². The van der Waals surface area contributed by atoms with Crippen molar-refractivity contribution in [3.63, 3.8) is 0 Å². The van der Waals surface area contributed by atoms with Gasteiger partial charge in [0.05, 0.1) is 34.8 Å². The molecule has 0 spiro atoms. The van der Waals surface area contributed by atoms with Crippen LogP contribution in [-0.4, -0.2) is 65.2 Å². The first-order valence-electron chi connectivity index (χ1n) is 17.5. The van der Waals surface area contributed by atoms with E-state index in [1.807, 2.05) is 11.0 Å². The summed E-state index contributed by atoms with van der Waals surface area (Å²) in [5, 5.41) is 9.11. The molecular weight excluding hydrogens is 754 g/mol. The first-order valence-corrected chi connectivity index (χ1v) is 18.3. The molecule has 0 bridgehead atoms. The molecule has 1 saturated heterocycles. The zero-order valence-corrected chi connectivity index (χ0v) is 30.1. The van der Waals surface area contributed by atoms with Crippen molar-refractivity contribution in [3.05, 3.63) is 58.8 Å². The summed E-state index contributed by atoms with van der Waals surface area (Å²) in [6, 6.07) is 6.03.